The minimum absolute atomic E-state index is 0.573. The number of hydrogen-bond donors (Lipinski definition) is 1. The Balaban J connectivity index is 1.60. The monoisotopic (exact) mass is 314 g/mol. The van der Waals surface area contributed by atoms with Crippen LogP contribution in [0.15, 0.2) is 48.1 Å². The van der Waals surface area contributed by atoms with Gasteiger partial charge >= 0.3 is 0 Å². The second kappa shape index (κ2) is 7.20. The lowest BCUT2D eigenvalue weighted by Crippen LogP contribution is -2.03. The Bertz CT molecular complexity index is 709. The molecule has 5 nitrogen and oxygen atoms in total. The van der Waals surface area contributed by atoms with E-state index in [2.05, 4.69) is 45.0 Å². The molecular weight excluding hydrogens is 296 g/mol. The van der Waals surface area contributed by atoms with E-state index in [1.165, 1.54) is 5.56 Å². The third-order valence-electron chi connectivity index (χ3n) is 3.17. The molecule has 0 fully saturated rings. The van der Waals surface area contributed by atoms with Crippen molar-refractivity contribution in [3.05, 3.63) is 64.4 Å². The smallest absolute Gasteiger partial charge is 0.119 e. The van der Waals surface area contributed by atoms with Gasteiger partial charge in [0.2, 0.25) is 0 Å². The van der Waals surface area contributed by atoms with E-state index in [1.54, 1.807) is 24.6 Å². The van der Waals surface area contributed by atoms with Gasteiger partial charge in [-0.25, -0.2) is 4.98 Å². The topological polar surface area (TPSA) is 52.0 Å². The van der Waals surface area contributed by atoms with E-state index in [9.17, 15) is 0 Å². The van der Waals surface area contributed by atoms with Crippen LogP contribution in [-0.2, 0) is 24.4 Å². The van der Waals surface area contributed by atoms with E-state index in [-0.39, 0.29) is 0 Å². The molecule has 2 heterocycles. The zero-order chi connectivity index (χ0) is 15.2. The molecule has 0 bridgehead atoms. The molecule has 0 unspecified atom stereocenters. The SMILES string of the molecule is COCc1nc(CNc2cccc(Cn3cccn3)c2)cs1. The first-order chi connectivity index (χ1) is 10.8. The molecule has 0 amide bonds. The van der Waals surface area contributed by atoms with Crippen LogP contribution in [0.5, 0.6) is 0 Å². The van der Waals surface area contributed by atoms with Gasteiger partial charge in [-0.3, -0.25) is 4.68 Å². The summed E-state index contributed by atoms with van der Waals surface area (Å²) in [6, 6.07) is 10.3. The molecule has 1 N–H and O–H groups in total. The average Bonchev–Trinajstić information content (AvgIpc) is 3.18. The van der Waals surface area contributed by atoms with E-state index in [0.29, 0.717) is 13.2 Å². The Morgan fingerprint density at radius 2 is 2.27 bits per heavy atom. The van der Waals surface area contributed by atoms with Crippen LogP contribution >= 0.6 is 11.3 Å². The van der Waals surface area contributed by atoms with Crippen molar-refractivity contribution >= 4 is 17.0 Å². The zero-order valence-electron chi connectivity index (χ0n) is 12.4. The van der Waals surface area contributed by atoms with Gasteiger partial charge in [-0.2, -0.15) is 5.10 Å². The van der Waals surface area contributed by atoms with Crippen LogP contribution in [0.1, 0.15) is 16.3 Å². The summed E-state index contributed by atoms with van der Waals surface area (Å²) in [5.74, 6) is 0. The summed E-state index contributed by atoms with van der Waals surface area (Å²) < 4.78 is 7.00. The number of benzene rings is 1. The molecule has 0 aliphatic heterocycles. The van der Waals surface area contributed by atoms with Crippen molar-refractivity contribution in [2.75, 3.05) is 12.4 Å². The quantitative estimate of drug-likeness (QED) is 0.728. The third kappa shape index (κ3) is 3.93. The number of ether oxygens (including phenoxy) is 1. The normalized spacial score (nSPS) is 10.8. The highest BCUT2D eigenvalue weighted by atomic mass is 32.1. The Morgan fingerprint density at radius 3 is 3.09 bits per heavy atom. The Labute approximate surface area is 133 Å². The number of anilines is 1. The van der Waals surface area contributed by atoms with Gasteiger partial charge in [0.05, 0.1) is 25.4 Å². The summed E-state index contributed by atoms with van der Waals surface area (Å²) in [6.07, 6.45) is 3.76. The van der Waals surface area contributed by atoms with Crippen LogP contribution in [0, 0.1) is 0 Å². The molecule has 3 rings (SSSR count). The summed E-state index contributed by atoms with van der Waals surface area (Å²) in [7, 11) is 1.68. The summed E-state index contributed by atoms with van der Waals surface area (Å²) in [5.41, 5.74) is 3.34. The Hall–Kier alpha value is -2.18. The van der Waals surface area contributed by atoms with E-state index in [1.807, 2.05) is 16.9 Å². The third-order valence-corrected chi connectivity index (χ3v) is 4.04. The maximum absolute atomic E-state index is 5.09. The van der Waals surface area contributed by atoms with Crippen LogP contribution in [0.25, 0.3) is 0 Å². The van der Waals surface area contributed by atoms with E-state index in [4.69, 9.17) is 4.74 Å². The fourth-order valence-electron chi connectivity index (χ4n) is 2.17. The van der Waals surface area contributed by atoms with Gasteiger partial charge < -0.3 is 10.1 Å². The second-order valence-corrected chi connectivity index (χ2v) is 5.87. The highest BCUT2D eigenvalue weighted by Gasteiger charge is 2.02. The second-order valence-electron chi connectivity index (χ2n) is 4.92. The first-order valence-electron chi connectivity index (χ1n) is 7.06. The molecule has 1 aromatic carbocycles. The van der Waals surface area contributed by atoms with Crippen molar-refractivity contribution in [2.24, 2.45) is 0 Å². The molecule has 22 heavy (non-hydrogen) atoms. The number of nitrogens with one attached hydrogen (secondary N) is 1. The number of methoxy groups -OCH3 is 1. The van der Waals surface area contributed by atoms with E-state index < -0.39 is 0 Å². The Kier molecular flexibility index (Phi) is 4.82. The fourth-order valence-corrected chi connectivity index (χ4v) is 2.94. The van der Waals surface area contributed by atoms with Crippen molar-refractivity contribution in [1.82, 2.24) is 14.8 Å². The number of rotatable bonds is 7. The number of nitrogens with zero attached hydrogens (tertiary/aromatic N) is 3. The summed E-state index contributed by atoms with van der Waals surface area (Å²) in [5, 5.41) is 10.7. The maximum Gasteiger partial charge on any atom is 0.119 e. The van der Waals surface area contributed by atoms with Crippen molar-refractivity contribution in [1.29, 1.82) is 0 Å². The van der Waals surface area contributed by atoms with Crippen LogP contribution in [0.3, 0.4) is 0 Å². The van der Waals surface area contributed by atoms with Crippen molar-refractivity contribution in [3.8, 4) is 0 Å². The van der Waals surface area contributed by atoms with Gasteiger partial charge in [0.15, 0.2) is 0 Å². The highest BCUT2D eigenvalue weighted by Crippen LogP contribution is 2.15. The molecule has 114 valence electrons. The van der Waals surface area contributed by atoms with Gasteiger partial charge in [-0.05, 0) is 23.8 Å². The first kappa shape index (κ1) is 14.7. The van der Waals surface area contributed by atoms with Gasteiger partial charge in [0, 0.05) is 30.6 Å². The largest absolute Gasteiger partial charge is 0.379 e. The molecular formula is C16H18N4OS. The first-order valence-corrected chi connectivity index (χ1v) is 7.94. The van der Waals surface area contributed by atoms with Crippen molar-refractivity contribution in [3.63, 3.8) is 0 Å². The fraction of sp³-hybridized carbons (Fsp3) is 0.250. The lowest BCUT2D eigenvalue weighted by Gasteiger charge is -2.07. The zero-order valence-corrected chi connectivity index (χ0v) is 13.2. The number of hydrogen-bond acceptors (Lipinski definition) is 5. The molecule has 6 heteroatoms. The van der Waals surface area contributed by atoms with E-state index >= 15 is 0 Å². The molecule has 0 radical (unpaired) electrons. The lowest BCUT2D eigenvalue weighted by atomic mass is 10.2. The molecule has 0 atom stereocenters. The molecule has 0 saturated carbocycles. The van der Waals surface area contributed by atoms with Gasteiger partial charge in [0.25, 0.3) is 0 Å². The maximum atomic E-state index is 5.09. The lowest BCUT2D eigenvalue weighted by molar-refractivity contribution is 0.184. The average molecular weight is 314 g/mol. The predicted molar refractivity (Wildman–Crippen MR) is 87.9 cm³/mol. The van der Waals surface area contributed by atoms with Crippen LogP contribution < -0.4 is 5.32 Å². The van der Waals surface area contributed by atoms with E-state index in [0.717, 1.165) is 22.9 Å². The Morgan fingerprint density at radius 1 is 1.32 bits per heavy atom. The summed E-state index contributed by atoms with van der Waals surface area (Å²) in [6.45, 7) is 2.06. The molecule has 0 spiro atoms. The predicted octanol–water partition coefficient (Wildman–Crippen LogP) is 3.15. The molecule has 0 saturated heterocycles. The summed E-state index contributed by atoms with van der Waals surface area (Å²) in [4.78, 5) is 4.52. The van der Waals surface area contributed by atoms with Crippen LogP contribution in [0.4, 0.5) is 5.69 Å². The highest BCUT2D eigenvalue weighted by molar-refractivity contribution is 7.09. The van der Waals surface area contributed by atoms with Crippen molar-refractivity contribution in [2.45, 2.75) is 19.7 Å². The summed E-state index contributed by atoms with van der Waals surface area (Å²) >= 11 is 1.63. The van der Waals surface area contributed by atoms with Gasteiger partial charge in [-0.1, -0.05) is 12.1 Å². The standard InChI is InChI=1S/C16H18N4OS/c1-21-11-16-19-15(12-22-16)9-17-14-5-2-4-13(8-14)10-20-7-3-6-18-20/h2-8,12,17H,9-11H2,1H3. The van der Waals surface area contributed by atoms with Gasteiger partial charge in [-0.15, -0.1) is 11.3 Å². The molecule has 2 aromatic heterocycles. The molecule has 0 aliphatic rings. The van der Waals surface area contributed by atoms with Crippen LogP contribution in [-0.4, -0.2) is 21.9 Å². The minimum Gasteiger partial charge on any atom is -0.379 e. The number of thiazole rings is 1. The van der Waals surface area contributed by atoms with Crippen LogP contribution in [0.2, 0.25) is 0 Å². The number of aromatic nitrogens is 3. The van der Waals surface area contributed by atoms with Crippen molar-refractivity contribution < 1.29 is 4.74 Å². The minimum atomic E-state index is 0.573. The van der Waals surface area contributed by atoms with Gasteiger partial charge in [0.1, 0.15) is 5.01 Å². The molecule has 3 aromatic rings. The molecule has 0 aliphatic carbocycles.